The van der Waals surface area contributed by atoms with E-state index in [-0.39, 0.29) is 16.7 Å². The molecule has 0 N–H and O–H groups in total. The third-order valence-electron chi connectivity index (χ3n) is 3.89. The molecule has 0 aliphatic rings. The van der Waals surface area contributed by atoms with Gasteiger partial charge >= 0.3 is 11.6 Å². The van der Waals surface area contributed by atoms with Crippen molar-refractivity contribution in [1.29, 1.82) is 0 Å². The summed E-state index contributed by atoms with van der Waals surface area (Å²) in [5, 5.41) is 11.0. The minimum Gasteiger partial charge on any atom is -0.497 e. The van der Waals surface area contributed by atoms with Gasteiger partial charge in [0.2, 0.25) is 0 Å². The molecule has 0 atom stereocenters. The lowest BCUT2D eigenvalue weighted by molar-refractivity contribution is -0.384. The molecule has 1 aromatic heterocycles. The van der Waals surface area contributed by atoms with E-state index in [1.807, 2.05) is 0 Å². The van der Waals surface area contributed by atoms with E-state index < -0.39 is 34.5 Å². The van der Waals surface area contributed by atoms with E-state index >= 15 is 0 Å². The summed E-state index contributed by atoms with van der Waals surface area (Å²) in [4.78, 5) is 46.5. The number of fused-ring (bicyclic) bond motifs is 1. The summed E-state index contributed by atoms with van der Waals surface area (Å²) < 4.78 is 14.9. The molecule has 0 spiro atoms. The molecule has 0 saturated carbocycles. The number of ether oxygens (including phenoxy) is 2. The summed E-state index contributed by atoms with van der Waals surface area (Å²) in [6.07, 6.45) is 0. The first-order chi connectivity index (χ1) is 13.4. The number of methoxy groups -OCH3 is 1. The first-order valence-electron chi connectivity index (χ1n) is 7.95. The normalized spacial score (nSPS) is 10.5. The number of nitro benzene ring substituents is 1. The number of esters is 1. The van der Waals surface area contributed by atoms with Crippen molar-refractivity contribution in [2.24, 2.45) is 0 Å². The van der Waals surface area contributed by atoms with E-state index in [0.717, 1.165) is 12.1 Å². The van der Waals surface area contributed by atoms with Crippen molar-refractivity contribution in [2.45, 2.75) is 0 Å². The van der Waals surface area contributed by atoms with Gasteiger partial charge in [-0.05, 0) is 36.4 Å². The Bertz CT molecular complexity index is 1130. The van der Waals surface area contributed by atoms with E-state index in [1.54, 1.807) is 12.1 Å². The third kappa shape index (κ3) is 3.88. The van der Waals surface area contributed by atoms with Gasteiger partial charge in [0.25, 0.3) is 5.69 Å². The van der Waals surface area contributed by atoms with Crippen LogP contribution in [-0.2, 0) is 4.74 Å². The number of hydrogen-bond acceptors (Lipinski definition) is 8. The lowest BCUT2D eigenvalue weighted by Crippen LogP contribution is -2.20. The van der Waals surface area contributed by atoms with Crippen LogP contribution in [0.1, 0.15) is 20.7 Å². The number of nitrogens with zero attached hydrogens (tertiary/aromatic N) is 1. The van der Waals surface area contributed by atoms with Crippen LogP contribution in [0, 0.1) is 10.1 Å². The SMILES string of the molecule is COc1ccc(C(=O)COC(=O)c2cc3cc([N+](=O)[O-])ccc3oc2=O)cc1. The van der Waals surface area contributed by atoms with Crippen LogP contribution in [0.5, 0.6) is 5.75 Å². The van der Waals surface area contributed by atoms with Crippen LogP contribution >= 0.6 is 0 Å². The lowest BCUT2D eigenvalue weighted by Gasteiger charge is -2.05. The molecule has 3 rings (SSSR count). The molecule has 0 aliphatic carbocycles. The van der Waals surface area contributed by atoms with Gasteiger partial charge in [-0.15, -0.1) is 0 Å². The average molecular weight is 383 g/mol. The molecule has 9 nitrogen and oxygen atoms in total. The minimum atomic E-state index is -1.07. The monoisotopic (exact) mass is 383 g/mol. The molecule has 2 aromatic carbocycles. The molecule has 0 fully saturated rings. The Labute approximate surface area is 157 Å². The van der Waals surface area contributed by atoms with Gasteiger partial charge in [0.05, 0.1) is 12.0 Å². The van der Waals surface area contributed by atoms with Gasteiger partial charge in [0, 0.05) is 23.1 Å². The molecular weight excluding hydrogens is 370 g/mol. The summed E-state index contributed by atoms with van der Waals surface area (Å²) in [6, 6.07) is 10.9. The van der Waals surface area contributed by atoms with Gasteiger partial charge < -0.3 is 13.9 Å². The van der Waals surface area contributed by atoms with E-state index in [4.69, 9.17) is 13.9 Å². The number of hydrogen-bond donors (Lipinski definition) is 0. The van der Waals surface area contributed by atoms with Crippen molar-refractivity contribution < 1.29 is 28.4 Å². The van der Waals surface area contributed by atoms with Crippen LogP contribution in [-0.4, -0.2) is 30.4 Å². The van der Waals surface area contributed by atoms with E-state index in [0.29, 0.717) is 11.3 Å². The zero-order valence-corrected chi connectivity index (χ0v) is 14.5. The number of carbonyl (C=O) groups is 2. The van der Waals surface area contributed by atoms with Gasteiger partial charge in [0.1, 0.15) is 16.9 Å². The molecule has 9 heteroatoms. The largest absolute Gasteiger partial charge is 0.497 e. The first kappa shape index (κ1) is 18.8. The van der Waals surface area contributed by atoms with Crippen LogP contribution in [0.2, 0.25) is 0 Å². The summed E-state index contributed by atoms with van der Waals surface area (Å²) in [7, 11) is 1.49. The minimum absolute atomic E-state index is 0.0847. The standard InChI is InChI=1S/C19H13NO8/c1-26-14-5-2-11(3-6-14)16(21)10-27-18(22)15-9-12-8-13(20(24)25)4-7-17(12)28-19(15)23/h2-9H,10H2,1H3. The number of benzene rings is 2. The van der Waals surface area contributed by atoms with Gasteiger partial charge in [-0.25, -0.2) is 9.59 Å². The van der Waals surface area contributed by atoms with Crippen molar-refractivity contribution in [3.8, 4) is 5.75 Å². The maximum Gasteiger partial charge on any atom is 0.351 e. The molecule has 0 bridgehead atoms. The number of rotatable bonds is 6. The highest BCUT2D eigenvalue weighted by atomic mass is 16.6. The molecule has 1 heterocycles. The van der Waals surface area contributed by atoms with Crippen molar-refractivity contribution in [3.63, 3.8) is 0 Å². The fraction of sp³-hybridized carbons (Fsp3) is 0.105. The van der Waals surface area contributed by atoms with Crippen LogP contribution in [0.25, 0.3) is 11.0 Å². The number of Topliss-reactive ketones (excluding diaryl/α,β-unsaturated/α-hetero) is 1. The van der Waals surface area contributed by atoms with Crippen LogP contribution in [0.4, 0.5) is 5.69 Å². The Balaban J connectivity index is 1.78. The molecular formula is C19H13NO8. The molecule has 142 valence electrons. The Hall–Kier alpha value is -4.01. The van der Waals surface area contributed by atoms with E-state index in [9.17, 15) is 24.5 Å². The third-order valence-corrected chi connectivity index (χ3v) is 3.89. The fourth-order valence-electron chi connectivity index (χ4n) is 2.44. The Morgan fingerprint density at radius 1 is 1.11 bits per heavy atom. The number of non-ortho nitro benzene ring substituents is 1. The maximum absolute atomic E-state index is 12.2. The Morgan fingerprint density at radius 2 is 1.82 bits per heavy atom. The fourth-order valence-corrected chi connectivity index (χ4v) is 2.44. The summed E-state index contributed by atoms with van der Waals surface area (Å²) in [5.74, 6) is -0.975. The number of carbonyl (C=O) groups excluding carboxylic acids is 2. The summed E-state index contributed by atoms with van der Waals surface area (Å²) in [5.41, 5.74) is -1.27. The highest BCUT2D eigenvalue weighted by Crippen LogP contribution is 2.20. The van der Waals surface area contributed by atoms with Crippen molar-refractivity contribution in [1.82, 2.24) is 0 Å². The van der Waals surface area contributed by atoms with E-state index in [1.165, 1.54) is 31.4 Å². The highest BCUT2D eigenvalue weighted by Gasteiger charge is 2.18. The van der Waals surface area contributed by atoms with Crippen LogP contribution in [0.15, 0.2) is 57.7 Å². The molecule has 0 amide bonds. The summed E-state index contributed by atoms with van der Waals surface area (Å²) in [6.45, 7) is -0.586. The molecule has 3 aromatic rings. The number of nitro groups is 1. The van der Waals surface area contributed by atoms with Crippen LogP contribution < -0.4 is 10.4 Å². The van der Waals surface area contributed by atoms with Crippen LogP contribution in [0.3, 0.4) is 0 Å². The predicted molar refractivity (Wildman–Crippen MR) is 96.7 cm³/mol. The highest BCUT2D eigenvalue weighted by molar-refractivity contribution is 6.00. The second-order valence-electron chi connectivity index (χ2n) is 5.65. The second kappa shape index (κ2) is 7.70. The Kier molecular flexibility index (Phi) is 5.16. The zero-order chi connectivity index (χ0) is 20.3. The molecule has 0 saturated heterocycles. The molecule has 0 radical (unpaired) electrons. The maximum atomic E-state index is 12.2. The first-order valence-corrected chi connectivity index (χ1v) is 7.95. The van der Waals surface area contributed by atoms with Gasteiger partial charge in [-0.1, -0.05) is 0 Å². The van der Waals surface area contributed by atoms with E-state index in [2.05, 4.69) is 0 Å². The lowest BCUT2D eigenvalue weighted by atomic mass is 10.1. The number of ketones is 1. The molecule has 0 aliphatic heterocycles. The van der Waals surface area contributed by atoms with Crippen molar-refractivity contribution >= 4 is 28.4 Å². The predicted octanol–water partition coefficient (Wildman–Crippen LogP) is 2.75. The zero-order valence-electron chi connectivity index (χ0n) is 14.5. The second-order valence-corrected chi connectivity index (χ2v) is 5.65. The molecule has 0 unspecified atom stereocenters. The average Bonchev–Trinajstić information content (AvgIpc) is 2.70. The van der Waals surface area contributed by atoms with Gasteiger partial charge in [-0.2, -0.15) is 0 Å². The molecule has 28 heavy (non-hydrogen) atoms. The van der Waals surface area contributed by atoms with Gasteiger partial charge in [-0.3, -0.25) is 14.9 Å². The topological polar surface area (TPSA) is 126 Å². The quantitative estimate of drug-likeness (QED) is 0.209. The van der Waals surface area contributed by atoms with Gasteiger partial charge in [0.15, 0.2) is 12.4 Å². The van der Waals surface area contributed by atoms with Crippen molar-refractivity contribution in [3.05, 3.63) is 80.2 Å². The Morgan fingerprint density at radius 3 is 2.46 bits per heavy atom. The smallest absolute Gasteiger partial charge is 0.351 e. The summed E-state index contributed by atoms with van der Waals surface area (Å²) >= 11 is 0. The van der Waals surface area contributed by atoms with Crippen molar-refractivity contribution in [2.75, 3.05) is 13.7 Å².